The van der Waals surface area contributed by atoms with E-state index in [0.717, 1.165) is 30.3 Å². The highest BCUT2D eigenvalue weighted by Crippen LogP contribution is 2.29. The van der Waals surface area contributed by atoms with Crippen LogP contribution in [-0.2, 0) is 11.3 Å². The van der Waals surface area contributed by atoms with E-state index >= 15 is 0 Å². The van der Waals surface area contributed by atoms with Crippen LogP contribution in [0.15, 0.2) is 42.7 Å². The summed E-state index contributed by atoms with van der Waals surface area (Å²) in [6, 6.07) is 9.87. The van der Waals surface area contributed by atoms with Crippen LogP contribution in [0.5, 0.6) is 0 Å². The first kappa shape index (κ1) is 20.1. The molecule has 3 aromatic rings. The lowest BCUT2D eigenvalue weighted by Crippen LogP contribution is -2.13. The van der Waals surface area contributed by atoms with Crippen molar-refractivity contribution in [1.29, 1.82) is 0 Å². The number of halogens is 1. The Morgan fingerprint density at radius 1 is 1.21 bits per heavy atom. The number of aromatic nitrogens is 3. The van der Waals surface area contributed by atoms with Crippen molar-refractivity contribution >= 4 is 34.3 Å². The van der Waals surface area contributed by atoms with Crippen LogP contribution in [-0.4, -0.2) is 33.9 Å². The van der Waals surface area contributed by atoms with Gasteiger partial charge in [-0.15, -0.1) is 11.6 Å². The van der Waals surface area contributed by atoms with Crippen molar-refractivity contribution in [1.82, 2.24) is 14.8 Å². The standard InChI is InChI=1S/C21H25ClN4O2/c1-3-10-23-19-16-13-25-26(14-18(22)15-8-6-5-7-9-15)20(16)24-12-17(19)21(27)28-11-4-2/h5-9,12-13,18H,3-4,10-11,14H2,1-2H3,(H,23,24). The van der Waals surface area contributed by atoms with Crippen LogP contribution < -0.4 is 5.32 Å². The van der Waals surface area contributed by atoms with Gasteiger partial charge in [-0.05, 0) is 18.4 Å². The third kappa shape index (κ3) is 4.44. The predicted octanol–water partition coefficient (Wildman–Crippen LogP) is 4.80. The topological polar surface area (TPSA) is 69.0 Å². The molecule has 0 bridgehead atoms. The Kier molecular flexibility index (Phi) is 6.87. The molecule has 148 valence electrons. The van der Waals surface area contributed by atoms with Crippen molar-refractivity contribution in [2.45, 2.75) is 38.6 Å². The second kappa shape index (κ2) is 9.55. The summed E-state index contributed by atoms with van der Waals surface area (Å²) in [6.45, 7) is 5.63. The molecule has 0 aliphatic heterocycles. The molecule has 0 saturated heterocycles. The van der Waals surface area contributed by atoms with Crippen molar-refractivity contribution in [2.75, 3.05) is 18.5 Å². The van der Waals surface area contributed by atoms with E-state index in [9.17, 15) is 4.79 Å². The number of hydrogen-bond acceptors (Lipinski definition) is 5. The van der Waals surface area contributed by atoms with E-state index < -0.39 is 0 Å². The molecule has 0 aliphatic rings. The Balaban J connectivity index is 1.93. The number of fused-ring (bicyclic) bond motifs is 1. The second-order valence-corrected chi connectivity index (χ2v) is 7.08. The number of pyridine rings is 1. The lowest BCUT2D eigenvalue weighted by atomic mass is 10.1. The Morgan fingerprint density at radius 2 is 2.00 bits per heavy atom. The SMILES string of the molecule is CCCNc1c(C(=O)OCCC)cnc2c1cnn2CC(Cl)c1ccccc1. The summed E-state index contributed by atoms with van der Waals surface area (Å²) >= 11 is 6.58. The van der Waals surface area contributed by atoms with Crippen LogP contribution >= 0.6 is 11.6 Å². The maximum atomic E-state index is 12.5. The summed E-state index contributed by atoms with van der Waals surface area (Å²) in [5, 5.41) is 8.36. The summed E-state index contributed by atoms with van der Waals surface area (Å²) < 4.78 is 7.08. The molecular weight excluding hydrogens is 376 g/mol. The summed E-state index contributed by atoms with van der Waals surface area (Å²) in [4.78, 5) is 16.9. The van der Waals surface area contributed by atoms with Gasteiger partial charge >= 0.3 is 5.97 Å². The molecule has 0 saturated carbocycles. The molecule has 2 aromatic heterocycles. The zero-order chi connectivity index (χ0) is 19.9. The van der Waals surface area contributed by atoms with Crippen LogP contribution in [0.25, 0.3) is 11.0 Å². The van der Waals surface area contributed by atoms with Gasteiger partial charge in [-0.3, -0.25) is 0 Å². The number of rotatable bonds is 9. The number of carbonyl (C=O) groups is 1. The van der Waals surface area contributed by atoms with Gasteiger partial charge in [0.25, 0.3) is 0 Å². The summed E-state index contributed by atoms with van der Waals surface area (Å²) in [7, 11) is 0. The first-order chi connectivity index (χ1) is 13.7. The van der Waals surface area contributed by atoms with E-state index in [1.165, 1.54) is 0 Å². The van der Waals surface area contributed by atoms with Crippen LogP contribution in [0.2, 0.25) is 0 Å². The molecule has 6 nitrogen and oxygen atoms in total. The van der Waals surface area contributed by atoms with Crippen molar-refractivity contribution in [3.63, 3.8) is 0 Å². The Labute approximate surface area is 169 Å². The molecule has 0 aliphatic carbocycles. The zero-order valence-corrected chi connectivity index (χ0v) is 16.9. The molecule has 3 rings (SSSR count). The summed E-state index contributed by atoms with van der Waals surface area (Å²) in [5.41, 5.74) is 2.86. The quantitative estimate of drug-likeness (QED) is 0.412. The number of alkyl halides is 1. The molecule has 0 amide bonds. The minimum atomic E-state index is -0.373. The molecule has 7 heteroatoms. The van der Waals surface area contributed by atoms with Gasteiger partial charge in [-0.1, -0.05) is 44.2 Å². The van der Waals surface area contributed by atoms with Gasteiger partial charge in [0.15, 0.2) is 5.65 Å². The van der Waals surface area contributed by atoms with Crippen LogP contribution in [0.1, 0.15) is 48.0 Å². The van der Waals surface area contributed by atoms with E-state index in [2.05, 4.69) is 22.3 Å². The first-order valence-corrected chi connectivity index (χ1v) is 10.0. The number of anilines is 1. The van der Waals surface area contributed by atoms with Gasteiger partial charge in [0.1, 0.15) is 5.56 Å². The van der Waals surface area contributed by atoms with E-state index in [1.54, 1.807) is 17.1 Å². The van der Waals surface area contributed by atoms with Crippen LogP contribution in [0.4, 0.5) is 5.69 Å². The van der Waals surface area contributed by atoms with Crippen molar-refractivity contribution in [2.24, 2.45) is 0 Å². The average molecular weight is 401 g/mol. The van der Waals surface area contributed by atoms with Crippen molar-refractivity contribution in [3.05, 3.63) is 53.9 Å². The van der Waals surface area contributed by atoms with Gasteiger partial charge in [-0.25, -0.2) is 14.5 Å². The fourth-order valence-electron chi connectivity index (χ4n) is 2.95. The fourth-order valence-corrected chi connectivity index (χ4v) is 3.22. The molecule has 0 radical (unpaired) electrons. The number of benzene rings is 1. The van der Waals surface area contributed by atoms with Crippen molar-refractivity contribution in [3.8, 4) is 0 Å². The first-order valence-electron chi connectivity index (χ1n) is 9.60. The lowest BCUT2D eigenvalue weighted by molar-refractivity contribution is 0.0506. The molecule has 1 atom stereocenters. The lowest BCUT2D eigenvalue weighted by Gasteiger charge is -2.13. The van der Waals surface area contributed by atoms with Gasteiger partial charge < -0.3 is 10.1 Å². The predicted molar refractivity (Wildman–Crippen MR) is 112 cm³/mol. The second-order valence-electron chi connectivity index (χ2n) is 6.55. The van der Waals surface area contributed by atoms with Gasteiger partial charge in [0.05, 0.1) is 35.8 Å². The molecule has 1 N–H and O–H groups in total. The monoisotopic (exact) mass is 400 g/mol. The Morgan fingerprint density at radius 3 is 2.71 bits per heavy atom. The number of esters is 1. The minimum Gasteiger partial charge on any atom is -0.462 e. The van der Waals surface area contributed by atoms with E-state index in [-0.39, 0.29) is 11.3 Å². The van der Waals surface area contributed by atoms with Crippen LogP contribution in [0.3, 0.4) is 0 Å². The molecular formula is C21H25ClN4O2. The highest BCUT2D eigenvalue weighted by atomic mass is 35.5. The summed E-state index contributed by atoms with van der Waals surface area (Å²) in [6.07, 6.45) is 4.99. The highest BCUT2D eigenvalue weighted by molar-refractivity contribution is 6.20. The van der Waals surface area contributed by atoms with E-state index in [0.29, 0.717) is 30.0 Å². The minimum absolute atomic E-state index is 0.229. The molecule has 0 fully saturated rings. The Bertz CT molecular complexity index is 927. The fraction of sp³-hybridized carbons (Fsp3) is 0.381. The smallest absolute Gasteiger partial charge is 0.341 e. The van der Waals surface area contributed by atoms with Gasteiger partial charge in [0, 0.05) is 12.7 Å². The van der Waals surface area contributed by atoms with E-state index in [4.69, 9.17) is 16.3 Å². The number of nitrogens with one attached hydrogen (secondary N) is 1. The van der Waals surface area contributed by atoms with Gasteiger partial charge in [-0.2, -0.15) is 5.10 Å². The Hall–Kier alpha value is -2.60. The van der Waals surface area contributed by atoms with Crippen LogP contribution in [0, 0.1) is 0 Å². The zero-order valence-electron chi connectivity index (χ0n) is 16.2. The summed E-state index contributed by atoms with van der Waals surface area (Å²) in [5.74, 6) is -0.373. The third-order valence-corrected chi connectivity index (χ3v) is 4.76. The average Bonchev–Trinajstić information content (AvgIpc) is 3.13. The third-order valence-electron chi connectivity index (χ3n) is 4.37. The maximum Gasteiger partial charge on any atom is 0.341 e. The number of ether oxygens (including phenoxy) is 1. The number of hydrogen-bond donors (Lipinski definition) is 1. The largest absolute Gasteiger partial charge is 0.462 e. The molecule has 1 aromatic carbocycles. The van der Waals surface area contributed by atoms with E-state index in [1.807, 2.05) is 37.3 Å². The van der Waals surface area contributed by atoms with Gasteiger partial charge in [0.2, 0.25) is 0 Å². The molecule has 1 unspecified atom stereocenters. The molecule has 28 heavy (non-hydrogen) atoms. The highest BCUT2D eigenvalue weighted by Gasteiger charge is 2.20. The molecule has 2 heterocycles. The maximum absolute atomic E-state index is 12.5. The molecule has 0 spiro atoms. The normalized spacial score (nSPS) is 12.1. The number of nitrogens with zero attached hydrogens (tertiary/aromatic N) is 3. The number of carbonyl (C=O) groups excluding carboxylic acids is 1. The van der Waals surface area contributed by atoms with Crippen molar-refractivity contribution < 1.29 is 9.53 Å².